The van der Waals surface area contributed by atoms with Crippen molar-refractivity contribution in [1.29, 1.82) is 0 Å². The average molecular weight is 313 g/mol. The van der Waals surface area contributed by atoms with Crippen molar-refractivity contribution in [3.05, 3.63) is 59.2 Å². The molecule has 1 N–H and O–H groups in total. The van der Waals surface area contributed by atoms with Crippen molar-refractivity contribution >= 4 is 17.7 Å². The SMILES string of the molecule is COc1cc(C(=O)NC2CCSc3ccccc32)ccc1C. The molecule has 1 aliphatic heterocycles. The zero-order valence-corrected chi connectivity index (χ0v) is 13.6. The van der Waals surface area contributed by atoms with Gasteiger partial charge in [0.1, 0.15) is 5.75 Å². The van der Waals surface area contributed by atoms with Gasteiger partial charge in [-0.3, -0.25) is 4.79 Å². The lowest BCUT2D eigenvalue weighted by Gasteiger charge is -2.26. The van der Waals surface area contributed by atoms with E-state index in [1.54, 1.807) is 13.2 Å². The van der Waals surface area contributed by atoms with E-state index in [4.69, 9.17) is 4.74 Å². The van der Waals surface area contributed by atoms with Gasteiger partial charge in [0.05, 0.1) is 13.2 Å². The van der Waals surface area contributed by atoms with Crippen LogP contribution in [0.15, 0.2) is 47.4 Å². The molecule has 0 spiro atoms. The highest BCUT2D eigenvalue weighted by atomic mass is 32.2. The summed E-state index contributed by atoms with van der Waals surface area (Å²) in [5.74, 6) is 1.72. The van der Waals surface area contributed by atoms with E-state index in [-0.39, 0.29) is 11.9 Å². The zero-order chi connectivity index (χ0) is 15.5. The Labute approximate surface area is 135 Å². The van der Waals surface area contributed by atoms with E-state index in [2.05, 4.69) is 17.4 Å². The van der Waals surface area contributed by atoms with Crippen LogP contribution in [0.4, 0.5) is 0 Å². The molecule has 0 bridgehead atoms. The predicted molar refractivity (Wildman–Crippen MR) is 89.7 cm³/mol. The second-order valence-electron chi connectivity index (χ2n) is 5.39. The van der Waals surface area contributed by atoms with Crippen LogP contribution in [0.5, 0.6) is 5.75 Å². The van der Waals surface area contributed by atoms with Gasteiger partial charge in [0.25, 0.3) is 5.91 Å². The Balaban J connectivity index is 1.81. The summed E-state index contributed by atoms with van der Waals surface area (Å²) in [4.78, 5) is 13.8. The molecular formula is C18H19NO2S. The zero-order valence-electron chi connectivity index (χ0n) is 12.8. The molecule has 0 aliphatic carbocycles. The second kappa shape index (κ2) is 6.44. The molecule has 4 heteroatoms. The molecular weight excluding hydrogens is 294 g/mol. The Bertz CT molecular complexity index is 699. The molecule has 0 radical (unpaired) electrons. The van der Waals surface area contributed by atoms with Gasteiger partial charge in [-0.05, 0) is 42.7 Å². The smallest absolute Gasteiger partial charge is 0.251 e. The van der Waals surface area contributed by atoms with Crippen LogP contribution in [0.25, 0.3) is 0 Å². The normalized spacial score (nSPS) is 16.7. The first kappa shape index (κ1) is 15.0. The van der Waals surface area contributed by atoms with Gasteiger partial charge in [-0.2, -0.15) is 0 Å². The number of fused-ring (bicyclic) bond motifs is 1. The van der Waals surface area contributed by atoms with Crippen LogP contribution >= 0.6 is 11.8 Å². The quantitative estimate of drug-likeness (QED) is 0.932. The van der Waals surface area contributed by atoms with Crippen LogP contribution in [0.2, 0.25) is 0 Å². The largest absolute Gasteiger partial charge is 0.496 e. The maximum absolute atomic E-state index is 12.5. The number of hydrogen-bond donors (Lipinski definition) is 1. The lowest BCUT2D eigenvalue weighted by Crippen LogP contribution is -2.30. The van der Waals surface area contributed by atoms with Gasteiger partial charge in [0.15, 0.2) is 0 Å². The third-order valence-electron chi connectivity index (χ3n) is 3.93. The molecule has 1 aliphatic rings. The van der Waals surface area contributed by atoms with Crippen LogP contribution in [-0.4, -0.2) is 18.8 Å². The van der Waals surface area contributed by atoms with Crippen molar-refractivity contribution in [1.82, 2.24) is 5.32 Å². The Morgan fingerprint density at radius 2 is 2.09 bits per heavy atom. The molecule has 0 saturated heterocycles. The number of thioether (sulfide) groups is 1. The molecule has 2 aromatic carbocycles. The number of carbonyl (C=O) groups excluding carboxylic acids is 1. The van der Waals surface area contributed by atoms with E-state index in [1.165, 1.54) is 10.5 Å². The highest BCUT2D eigenvalue weighted by Crippen LogP contribution is 2.36. The van der Waals surface area contributed by atoms with Crippen molar-refractivity contribution in [3.63, 3.8) is 0 Å². The minimum Gasteiger partial charge on any atom is -0.496 e. The Morgan fingerprint density at radius 3 is 2.91 bits per heavy atom. The van der Waals surface area contributed by atoms with Crippen molar-refractivity contribution in [2.24, 2.45) is 0 Å². The highest BCUT2D eigenvalue weighted by Gasteiger charge is 2.22. The number of benzene rings is 2. The summed E-state index contributed by atoms with van der Waals surface area (Å²) in [5.41, 5.74) is 2.88. The molecule has 1 unspecified atom stereocenters. The second-order valence-corrected chi connectivity index (χ2v) is 6.52. The molecule has 2 aromatic rings. The van der Waals surface area contributed by atoms with Gasteiger partial charge in [-0.1, -0.05) is 24.3 Å². The summed E-state index contributed by atoms with van der Waals surface area (Å²) in [7, 11) is 1.62. The molecule has 1 atom stereocenters. The number of aryl methyl sites for hydroxylation is 1. The number of ether oxygens (including phenoxy) is 1. The third-order valence-corrected chi connectivity index (χ3v) is 5.06. The number of nitrogens with one attached hydrogen (secondary N) is 1. The minimum atomic E-state index is -0.0509. The number of carbonyl (C=O) groups is 1. The van der Waals surface area contributed by atoms with E-state index in [0.717, 1.165) is 23.5 Å². The topological polar surface area (TPSA) is 38.3 Å². The van der Waals surface area contributed by atoms with Crippen LogP contribution in [0.3, 0.4) is 0 Å². The molecule has 0 saturated carbocycles. The van der Waals surface area contributed by atoms with Crippen LogP contribution in [-0.2, 0) is 0 Å². The van der Waals surface area contributed by atoms with Crippen molar-refractivity contribution in [2.75, 3.05) is 12.9 Å². The predicted octanol–water partition coefficient (Wildman–Crippen LogP) is 3.97. The summed E-state index contributed by atoms with van der Waals surface area (Å²) in [6.45, 7) is 1.97. The van der Waals surface area contributed by atoms with Gasteiger partial charge in [-0.15, -0.1) is 11.8 Å². The maximum Gasteiger partial charge on any atom is 0.251 e. The van der Waals surface area contributed by atoms with Gasteiger partial charge in [0, 0.05) is 16.2 Å². The molecule has 0 aromatic heterocycles. The maximum atomic E-state index is 12.5. The highest BCUT2D eigenvalue weighted by molar-refractivity contribution is 7.99. The van der Waals surface area contributed by atoms with Crippen molar-refractivity contribution in [3.8, 4) is 5.75 Å². The van der Waals surface area contributed by atoms with Crippen LogP contribution in [0.1, 0.15) is 33.9 Å². The molecule has 0 fully saturated rings. The number of rotatable bonds is 3. The third kappa shape index (κ3) is 2.97. The molecule has 3 rings (SSSR count). The lowest BCUT2D eigenvalue weighted by molar-refractivity contribution is 0.0934. The summed E-state index contributed by atoms with van der Waals surface area (Å²) >= 11 is 1.85. The fourth-order valence-electron chi connectivity index (χ4n) is 2.69. The molecule has 3 nitrogen and oxygen atoms in total. The van der Waals surface area contributed by atoms with Crippen LogP contribution < -0.4 is 10.1 Å². The Kier molecular flexibility index (Phi) is 4.39. The molecule has 114 valence electrons. The van der Waals surface area contributed by atoms with E-state index in [9.17, 15) is 4.79 Å². The first-order valence-corrected chi connectivity index (χ1v) is 8.35. The fraction of sp³-hybridized carbons (Fsp3) is 0.278. The summed E-state index contributed by atoms with van der Waals surface area (Å²) in [5, 5.41) is 3.15. The van der Waals surface area contributed by atoms with E-state index in [1.807, 2.05) is 43.0 Å². The standard InChI is InChI=1S/C18H19NO2S/c1-12-7-8-13(11-16(12)21-2)18(20)19-15-9-10-22-17-6-4-3-5-14(15)17/h3-8,11,15H,9-10H2,1-2H3,(H,19,20). The van der Waals surface area contributed by atoms with Gasteiger partial charge in [0.2, 0.25) is 0 Å². The van der Waals surface area contributed by atoms with E-state index in [0.29, 0.717) is 5.56 Å². The summed E-state index contributed by atoms with van der Waals surface area (Å²) in [6.07, 6.45) is 0.955. The van der Waals surface area contributed by atoms with Crippen molar-refractivity contribution in [2.45, 2.75) is 24.3 Å². The molecule has 22 heavy (non-hydrogen) atoms. The van der Waals surface area contributed by atoms with Gasteiger partial charge in [-0.25, -0.2) is 0 Å². The molecule has 1 heterocycles. The van der Waals surface area contributed by atoms with E-state index < -0.39 is 0 Å². The fourth-order valence-corrected chi connectivity index (χ4v) is 3.82. The number of methoxy groups -OCH3 is 1. The lowest BCUT2D eigenvalue weighted by atomic mass is 10.0. The number of hydrogen-bond acceptors (Lipinski definition) is 3. The van der Waals surface area contributed by atoms with E-state index >= 15 is 0 Å². The Hall–Kier alpha value is -1.94. The first-order chi connectivity index (χ1) is 10.7. The number of amides is 1. The summed E-state index contributed by atoms with van der Waals surface area (Å²) in [6, 6.07) is 13.9. The molecule has 1 amide bonds. The monoisotopic (exact) mass is 313 g/mol. The van der Waals surface area contributed by atoms with Crippen molar-refractivity contribution < 1.29 is 9.53 Å². The summed E-state index contributed by atoms with van der Waals surface area (Å²) < 4.78 is 5.30. The van der Waals surface area contributed by atoms with Gasteiger partial charge >= 0.3 is 0 Å². The van der Waals surface area contributed by atoms with Gasteiger partial charge < -0.3 is 10.1 Å². The first-order valence-electron chi connectivity index (χ1n) is 7.36. The average Bonchev–Trinajstić information content (AvgIpc) is 2.55. The van der Waals surface area contributed by atoms with Crippen LogP contribution in [0, 0.1) is 6.92 Å². The Morgan fingerprint density at radius 1 is 1.27 bits per heavy atom. The minimum absolute atomic E-state index is 0.0509.